The van der Waals surface area contributed by atoms with E-state index in [1.54, 1.807) is 6.20 Å². The number of aromatic nitrogens is 2. The van der Waals surface area contributed by atoms with Gasteiger partial charge < -0.3 is 14.8 Å². The zero-order valence-electron chi connectivity index (χ0n) is 15.6. The number of nitriles is 1. The average molecular weight is 357 g/mol. The lowest BCUT2D eigenvalue weighted by molar-refractivity contribution is -0.130. The lowest BCUT2D eigenvalue weighted by atomic mass is 9.74. The van der Waals surface area contributed by atoms with E-state index in [9.17, 15) is 14.9 Å². The number of carbonyl (C=O) groups excluding carboxylic acids is 2. The van der Waals surface area contributed by atoms with Crippen molar-refractivity contribution in [2.45, 2.75) is 51.5 Å². The molecule has 1 N–H and O–H groups in total. The highest BCUT2D eigenvalue weighted by Crippen LogP contribution is 2.38. The van der Waals surface area contributed by atoms with E-state index < -0.39 is 5.41 Å². The van der Waals surface area contributed by atoms with Crippen LogP contribution in [0.1, 0.15) is 57.3 Å². The molecule has 26 heavy (non-hydrogen) atoms. The second-order valence-corrected chi connectivity index (χ2v) is 7.45. The first-order chi connectivity index (χ1) is 12.5. The molecule has 0 spiro atoms. The molecule has 1 saturated heterocycles. The van der Waals surface area contributed by atoms with Gasteiger partial charge in [-0.2, -0.15) is 5.26 Å². The molecule has 2 aliphatic rings. The molecule has 2 fully saturated rings. The van der Waals surface area contributed by atoms with Crippen molar-refractivity contribution in [3.05, 3.63) is 18.2 Å². The number of aryl methyl sites for hydroxylation is 1. The smallest absolute Gasteiger partial charge is 0.240 e. The summed E-state index contributed by atoms with van der Waals surface area (Å²) in [6, 6.07) is 2.12. The third kappa shape index (κ3) is 3.20. The molecule has 1 aromatic rings. The van der Waals surface area contributed by atoms with E-state index >= 15 is 0 Å². The predicted octanol–water partition coefficient (Wildman–Crippen LogP) is 1.92. The van der Waals surface area contributed by atoms with E-state index in [0.717, 1.165) is 25.1 Å². The minimum absolute atomic E-state index is 0.0353. The minimum atomic E-state index is -0.899. The molecule has 0 aromatic carbocycles. The SMILES string of the molecule is CCN1C(=O)C[C@@H](CNC(=O)C2(C#N)CCCCC2)[C@@H]1c1nccn1C. The maximum Gasteiger partial charge on any atom is 0.240 e. The Kier molecular flexibility index (Phi) is 5.30. The fraction of sp³-hybridized carbons (Fsp3) is 0.684. The quantitative estimate of drug-likeness (QED) is 0.871. The number of nitrogens with one attached hydrogen (secondary N) is 1. The van der Waals surface area contributed by atoms with Crippen LogP contribution < -0.4 is 5.32 Å². The first-order valence-corrected chi connectivity index (χ1v) is 9.48. The van der Waals surface area contributed by atoms with Crippen molar-refractivity contribution in [3.8, 4) is 6.07 Å². The fourth-order valence-electron chi connectivity index (χ4n) is 4.37. The highest BCUT2D eigenvalue weighted by molar-refractivity contribution is 5.85. The molecule has 2 atom stereocenters. The van der Waals surface area contributed by atoms with Crippen LogP contribution in [-0.2, 0) is 16.6 Å². The number of amides is 2. The zero-order chi connectivity index (χ0) is 18.7. The van der Waals surface area contributed by atoms with Gasteiger partial charge in [0.05, 0.1) is 12.1 Å². The zero-order valence-corrected chi connectivity index (χ0v) is 15.6. The van der Waals surface area contributed by atoms with E-state index in [1.807, 2.05) is 29.6 Å². The van der Waals surface area contributed by atoms with Gasteiger partial charge in [0.25, 0.3) is 0 Å². The van der Waals surface area contributed by atoms with Crippen LogP contribution in [0.4, 0.5) is 0 Å². The number of hydrogen-bond donors (Lipinski definition) is 1. The number of carbonyl (C=O) groups is 2. The van der Waals surface area contributed by atoms with Crippen molar-refractivity contribution < 1.29 is 9.59 Å². The van der Waals surface area contributed by atoms with Crippen LogP contribution >= 0.6 is 0 Å². The van der Waals surface area contributed by atoms with Gasteiger partial charge in [-0.1, -0.05) is 19.3 Å². The molecule has 3 rings (SSSR count). The summed E-state index contributed by atoms with van der Waals surface area (Å²) in [5.41, 5.74) is -0.899. The second kappa shape index (κ2) is 7.48. The largest absolute Gasteiger partial charge is 0.354 e. The van der Waals surface area contributed by atoms with Gasteiger partial charge in [-0.05, 0) is 19.8 Å². The van der Waals surface area contributed by atoms with Crippen LogP contribution in [0.2, 0.25) is 0 Å². The van der Waals surface area contributed by atoms with E-state index in [2.05, 4.69) is 16.4 Å². The van der Waals surface area contributed by atoms with Crippen molar-refractivity contribution in [2.24, 2.45) is 18.4 Å². The molecule has 1 aliphatic heterocycles. The van der Waals surface area contributed by atoms with Crippen LogP contribution in [0, 0.1) is 22.7 Å². The Hall–Kier alpha value is -2.36. The highest BCUT2D eigenvalue weighted by Gasteiger charge is 2.44. The molecular formula is C19H27N5O2. The molecule has 140 valence electrons. The number of imidazole rings is 1. The Bertz CT molecular complexity index is 714. The third-order valence-corrected chi connectivity index (χ3v) is 5.88. The molecule has 0 radical (unpaired) electrons. The van der Waals surface area contributed by atoms with Crippen molar-refractivity contribution in [1.82, 2.24) is 19.8 Å². The number of likely N-dealkylation sites (tertiary alicyclic amines) is 1. The molecule has 1 saturated carbocycles. The summed E-state index contributed by atoms with van der Waals surface area (Å²) in [7, 11) is 1.92. The van der Waals surface area contributed by atoms with E-state index in [0.29, 0.717) is 32.4 Å². The van der Waals surface area contributed by atoms with Crippen molar-refractivity contribution >= 4 is 11.8 Å². The molecule has 1 aromatic heterocycles. The molecule has 0 unspecified atom stereocenters. The van der Waals surface area contributed by atoms with Crippen LogP contribution in [0.5, 0.6) is 0 Å². The first-order valence-electron chi connectivity index (χ1n) is 9.48. The van der Waals surface area contributed by atoms with Gasteiger partial charge in [0.2, 0.25) is 11.8 Å². The molecule has 1 aliphatic carbocycles. The van der Waals surface area contributed by atoms with Crippen molar-refractivity contribution in [1.29, 1.82) is 5.26 Å². The Balaban J connectivity index is 1.73. The molecule has 2 heterocycles. The van der Waals surface area contributed by atoms with Crippen LogP contribution in [0.15, 0.2) is 12.4 Å². The van der Waals surface area contributed by atoms with E-state index in [4.69, 9.17) is 0 Å². The van der Waals surface area contributed by atoms with E-state index in [1.165, 1.54) is 0 Å². The van der Waals surface area contributed by atoms with Gasteiger partial charge in [0, 0.05) is 44.9 Å². The maximum absolute atomic E-state index is 12.7. The average Bonchev–Trinajstić information content (AvgIpc) is 3.21. The van der Waals surface area contributed by atoms with Crippen molar-refractivity contribution in [3.63, 3.8) is 0 Å². The molecule has 0 bridgehead atoms. The fourth-order valence-corrected chi connectivity index (χ4v) is 4.37. The Labute approximate surface area is 154 Å². The summed E-state index contributed by atoms with van der Waals surface area (Å²) in [5, 5.41) is 12.6. The summed E-state index contributed by atoms with van der Waals surface area (Å²) < 4.78 is 1.93. The number of hydrogen-bond acceptors (Lipinski definition) is 4. The Morgan fingerprint density at radius 1 is 1.42 bits per heavy atom. The highest BCUT2D eigenvalue weighted by atomic mass is 16.2. The number of nitrogens with zero attached hydrogens (tertiary/aromatic N) is 4. The summed E-state index contributed by atoms with van der Waals surface area (Å²) in [5.74, 6) is 0.713. The lowest BCUT2D eigenvalue weighted by Gasteiger charge is -2.31. The topological polar surface area (TPSA) is 91.0 Å². The van der Waals surface area contributed by atoms with Gasteiger partial charge in [-0.3, -0.25) is 9.59 Å². The molecular weight excluding hydrogens is 330 g/mol. The lowest BCUT2D eigenvalue weighted by Crippen LogP contribution is -2.44. The van der Waals surface area contributed by atoms with Crippen LogP contribution in [0.3, 0.4) is 0 Å². The van der Waals surface area contributed by atoms with Crippen molar-refractivity contribution in [2.75, 3.05) is 13.1 Å². The van der Waals surface area contributed by atoms with Gasteiger partial charge in [0.15, 0.2) is 0 Å². The molecule has 7 nitrogen and oxygen atoms in total. The third-order valence-electron chi connectivity index (χ3n) is 5.88. The summed E-state index contributed by atoms with van der Waals surface area (Å²) in [4.78, 5) is 31.4. The maximum atomic E-state index is 12.7. The van der Waals surface area contributed by atoms with E-state index in [-0.39, 0.29) is 23.8 Å². The Morgan fingerprint density at radius 3 is 2.73 bits per heavy atom. The van der Waals surface area contributed by atoms with Gasteiger partial charge in [-0.25, -0.2) is 4.98 Å². The standard InChI is InChI=1S/C19H27N5O2/c1-3-24-15(25)11-14(16(24)17-21-9-10-23(17)2)12-22-18(26)19(13-20)7-5-4-6-8-19/h9-10,14,16H,3-8,11-12H2,1-2H3,(H,22,26)/t14-,16+/m0/s1. The Morgan fingerprint density at radius 2 is 2.15 bits per heavy atom. The molecule has 2 amide bonds. The van der Waals surface area contributed by atoms with Gasteiger partial charge in [-0.15, -0.1) is 0 Å². The monoisotopic (exact) mass is 357 g/mol. The second-order valence-electron chi connectivity index (χ2n) is 7.45. The normalized spacial score (nSPS) is 25.1. The summed E-state index contributed by atoms with van der Waals surface area (Å²) in [6.07, 6.45) is 8.17. The minimum Gasteiger partial charge on any atom is -0.354 e. The predicted molar refractivity (Wildman–Crippen MR) is 95.6 cm³/mol. The summed E-state index contributed by atoms with van der Waals surface area (Å²) >= 11 is 0. The van der Waals surface area contributed by atoms with Gasteiger partial charge in [0.1, 0.15) is 11.2 Å². The van der Waals surface area contributed by atoms with Crippen LogP contribution in [0.25, 0.3) is 0 Å². The van der Waals surface area contributed by atoms with Crippen LogP contribution in [-0.4, -0.2) is 39.4 Å². The summed E-state index contributed by atoms with van der Waals surface area (Å²) in [6.45, 7) is 2.96. The molecule has 7 heteroatoms. The van der Waals surface area contributed by atoms with Gasteiger partial charge >= 0.3 is 0 Å². The number of rotatable bonds is 5. The first kappa shape index (κ1) is 18.4.